The molecule has 0 aliphatic heterocycles. The van der Waals surface area contributed by atoms with Crippen molar-refractivity contribution >= 4 is 29.3 Å². The van der Waals surface area contributed by atoms with Crippen LogP contribution in [0.15, 0.2) is 17.5 Å². The van der Waals surface area contributed by atoms with Gasteiger partial charge in [0.25, 0.3) is 0 Å². The molecule has 0 aliphatic rings. The first kappa shape index (κ1) is 16.0. The molecular formula is C12H16N2O5S. The molecule has 0 saturated heterocycles. The number of hydrogen-bond donors (Lipinski definition) is 4. The van der Waals surface area contributed by atoms with Crippen LogP contribution in [0.4, 0.5) is 4.79 Å². The number of urea groups is 1. The molecule has 1 rings (SSSR count). The highest BCUT2D eigenvalue weighted by Gasteiger charge is 2.20. The van der Waals surface area contributed by atoms with Crippen molar-refractivity contribution in [3.63, 3.8) is 0 Å². The van der Waals surface area contributed by atoms with E-state index in [1.165, 1.54) is 0 Å². The third-order valence-electron chi connectivity index (χ3n) is 2.49. The van der Waals surface area contributed by atoms with E-state index in [9.17, 15) is 14.4 Å². The van der Waals surface area contributed by atoms with Crippen molar-refractivity contribution in [2.45, 2.75) is 25.3 Å². The van der Waals surface area contributed by atoms with Crippen molar-refractivity contribution in [1.82, 2.24) is 10.6 Å². The lowest BCUT2D eigenvalue weighted by Crippen LogP contribution is -2.46. The minimum Gasteiger partial charge on any atom is -0.481 e. The Morgan fingerprint density at radius 2 is 2.05 bits per heavy atom. The van der Waals surface area contributed by atoms with E-state index in [2.05, 4.69) is 10.6 Å². The van der Waals surface area contributed by atoms with Gasteiger partial charge in [0.1, 0.15) is 6.04 Å². The Hall–Kier alpha value is -2.09. The fraction of sp³-hybridized carbons (Fsp3) is 0.417. The molecule has 110 valence electrons. The smallest absolute Gasteiger partial charge is 0.326 e. The number of carbonyl (C=O) groups excluding carboxylic acids is 1. The van der Waals surface area contributed by atoms with E-state index in [1.54, 1.807) is 11.3 Å². The number of carboxylic acid groups (broad SMARTS) is 2. The van der Waals surface area contributed by atoms with Gasteiger partial charge in [-0.3, -0.25) is 4.79 Å². The molecule has 0 fully saturated rings. The topological polar surface area (TPSA) is 116 Å². The Labute approximate surface area is 119 Å². The van der Waals surface area contributed by atoms with Crippen LogP contribution in [0.5, 0.6) is 0 Å². The number of thiophene rings is 1. The van der Waals surface area contributed by atoms with E-state index in [4.69, 9.17) is 10.2 Å². The maximum Gasteiger partial charge on any atom is 0.326 e. The average molecular weight is 300 g/mol. The van der Waals surface area contributed by atoms with Crippen LogP contribution in [0.25, 0.3) is 0 Å². The highest BCUT2D eigenvalue weighted by atomic mass is 32.1. The van der Waals surface area contributed by atoms with Gasteiger partial charge in [0.2, 0.25) is 0 Å². The summed E-state index contributed by atoms with van der Waals surface area (Å²) in [6.45, 7) is 0.387. The molecule has 1 heterocycles. The molecule has 1 aromatic rings. The summed E-state index contributed by atoms with van der Waals surface area (Å²) < 4.78 is 0. The highest BCUT2D eigenvalue weighted by Crippen LogP contribution is 2.08. The minimum absolute atomic E-state index is 0.150. The molecule has 0 unspecified atom stereocenters. The molecule has 0 spiro atoms. The zero-order valence-electron chi connectivity index (χ0n) is 10.7. The Morgan fingerprint density at radius 3 is 2.60 bits per heavy atom. The number of nitrogens with one attached hydrogen (secondary N) is 2. The number of amides is 2. The number of aliphatic carboxylic acids is 2. The molecule has 20 heavy (non-hydrogen) atoms. The van der Waals surface area contributed by atoms with Crippen LogP contribution >= 0.6 is 11.3 Å². The monoisotopic (exact) mass is 300 g/mol. The Balaban J connectivity index is 2.30. The molecule has 7 nitrogen and oxygen atoms in total. The summed E-state index contributed by atoms with van der Waals surface area (Å²) in [6.07, 6.45) is 0.202. The van der Waals surface area contributed by atoms with Gasteiger partial charge in [0.15, 0.2) is 0 Å². The Bertz CT molecular complexity index is 460. The summed E-state index contributed by atoms with van der Waals surface area (Å²) in [4.78, 5) is 33.9. The summed E-state index contributed by atoms with van der Waals surface area (Å²) >= 11 is 1.57. The van der Waals surface area contributed by atoms with E-state index < -0.39 is 24.0 Å². The molecule has 4 N–H and O–H groups in total. The van der Waals surface area contributed by atoms with Gasteiger partial charge in [-0.1, -0.05) is 6.07 Å². The van der Waals surface area contributed by atoms with E-state index in [0.717, 1.165) is 4.88 Å². The summed E-state index contributed by atoms with van der Waals surface area (Å²) in [5, 5.41) is 24.1. The van der Waals surface area contributed by atoms with Crippen LogP contribution in [0.3, 0.4) is 0 Å². The van der Waals surface area contributed by atoms with Gasteiger partial charge in [0.05, 0.1) is 0 Å². The van der Waals surface area contributed by atoms with Crippen molar-refractivity contribution in [1.29, 1.82) is 0 Å². The van der Waals surface area contributed by atoms with E-state index in [-0.39, 0.29) is 12.8 Å². The van der Waals surface area contributed by atoms with Crippen LogP contribution in [-0.2, 0) is 16.0 Å². The van der Waals surface area contributed by atoms with Crippen molar-refractivity contribution in [2.24, 2.45) is 0 Å². The standard InChI is InChI=1S/C12H16N2O5S/c15-10(16)4-3-9(11(17)18)14-12(19)13-6-5-8-2-1-7-20-8/h1-2,7,9H,3-6H2,(H,15,16)(H,17,18)(H2,13,14,19)/t9-/m0/s1. The second-order valence-electron chi connectivity index (χ2n) is 4.05. The quantitative estimate of drug-likeness (QED) is 0.569. The predicted molar refractivity (Wildman–Crippen MR) is 72.9 cm³/mol. The van der Waals surface area contributed by atoms with Crippen LogP contribution in [0.1, 0.15) is 17.7 Å². The molecule has 1 aromatic heterocycles. The summed E-state index contributed by atoms with van der Waals surface area (Å²) in [5.74, 6) is -2.35. The van der Waals surface area contributed by atoms with Gasteiger partial charge in [0, 0.05) is 17.8 Å². The predicted octanol–water partition coefficient (Wildman–Crippen LogP) is 0.908. The third kappa shape index (κ3) is 6.19. The van der Waals surface area contributed by atoms with Crippen LogP contribution in [0, 0.1) is 0 Å². The second kappa shape index (κ2) is 8.16. The molecule has 2 amide bonds. The van der Waals surface area contributed by atoms with Crippen molar-refractivity contribution < 1.29 is 24.6 Å². The van der Waals surface area contributed by atoms with Crippen molar-refractivity contribution in [3.05, 3.63) is 22.4 Å². The number of carboxylic acids is 2. The van der Waals surface area contributed by atoms with E-state index >= 15 is 0 Å². The summed E-state index contributed by atoms with van der Waals surface area (Å²) in [6, 6.07) is 2.04. The van der Waals surface area contributed by atoms with Crippen LogP contribution < -0.4 is 10.6 Å². The maximum atomic E-state index is 11.5. The summed E-state index contributed by atoms with van der Waals surface area (Å²) in [5.41, 5.74) is 0. The molecular weight excluding hydrogens is 284 g/mol. The highest BCUT2D eigenvalue weighted by molar-refractivity contribution is 7.09. The summed E-state index contributed by atoms with van der Waals surface area (Å²) in [7, 11) is 0. The van der Waals surface area contributed by atoms with Crippen molar-refractivity contribution in [2.75, 3.05) is 6.54 Å². The second-order valence-corrected chi connectivity index (χ2v) is 5.09. The normalized spacial score (nSPS) is 11.6. The van der Waals surface area contributed by atoms with Gasteiger partial charge in [-0.2, -0.15) is 0 Å². The molecule has 0 bridgehead atoms. The van der Waals surface area contributed by atoms with Gasteiger partial charge < -0.3 is 20.8 Å². The van der Waals surface area contributed by atoms with Crippen LogP contribution in [0.2, 0.25) is 0 Å². The third-order valence-corrected chi connectivity index (χ3v) is 3.42. The Morgan fingerprint density at radius 1 is 1.30 bits per heavy atom. The number of hydrogen-bond acceptors (Lipinski definition) is 4. The largest absolute Gasteiger partial charge is 0.481 e. The van der Waals surface area contributed by atoms with Gasteiger partial charge in [-0.05, 0) is 24.3 Å². The zero-order chi connectivity index (χ0) is 15.0. The molecule has 8 heteroatoms. The van der Waals surface area contributed by atoms with Gasteiger partial charge >= 0.3 is 18.0 Å². The molecule has 0 radical (unpaired) electrons. The van der Waals surface area contributed by atoms with Gasteiger partial charge in [-0.25, -0.2) is 9.59 Å². The molecule has 0 aromatic carbocycles. The Kier molecular flexibility index (Phi) is 6.51. The molecule has 1 atom stereocenters. The lowest BCUT2D eigenvalue weighted by atomic mass is 10.1. The maximum absolute atomic E-state index is 11.5. The SMILES string of the molecule is O=C(O)CC[C@H](NC(=O)NCCc1cccs1)C(=O)O. The fourth-order valence-electron chi connectivity index (χ4n) is 1.49. The van der Waals surface area contributed by atoms with E-state index in [1.807, 2.05) is 17.5 Å². The minimum atomic E-state index is -1.25. The first-order valence-electron chi connectivity index (χ1n) is 6.00. The van der Waals surface area contributed by atoms with E-state index in [0.29, 0.717) is 13.0 Å². The average Bonchev–Trinajstić information content (AvgIpc) is 2.87. The molecule has 0 aliphatic carbocycles. The van der Waals surface area contributed by atoms with Gasteiger partial charge in [-0.15, -0.1) is 11.3 Å². The number of rotatable bonds is 8. The first-order valence-corrected chi connectivity index (χ1v) is 6.88. The lowest BCUT2D eigenvalue weighted by molar-refractivity contribution is -0.140. The van der Waals surface area contributed by atoms with Crippen molar-refractivity contribution in [3.8, 4) is 0 Å². The zero-order valence-corrected chi connectivity index (χ0v) is 11.5. The fourth-order valence-corrected chi connectivity index (χ4v) is 2.20. The van der Waals surface area contributed by atoms with Crippen LogP contribution in [-0.4, -0.2) is 40.8 Å². The lowest BCUT2D eigenvalue weighted by Gasteiger charge is -2.14. The molecule has 0 saturated carbocycles. The number of carbonyl (C=O) groups is 3. The first-order chi connectivity index (χ1) is 9.49.